The summed E-state index contributed by atoms with van der Waals surface area (Å²) in [6.07, 6.45) is 91.2. The highest BCUT2D eigenvalue weighted by Crippen LogP contribution is 2.45. The molecule has 0 fully saturated rings. The molecule has 0 bridgehead atoms. The Balaban J connectivity index is 5.40. The average Bonchev–Trinajstić information content (AvgIpc) is 0.916. The molecular weight excluding hydrogens is 1400 g/mol. The van der Waals surface area contributed by atoms with Crippen LogP contribution in [0.15, 0.2) is 134 Å². The van der Waals surface area contributed by atoms with E-state index in [0.717, 1.165) is 199 Å². The number of aliphatic hydroxyl groups is 1. The molecule has 0 heterocycles. The van der Waals surface area contributed by atoms with Gasteiger partial charge in [0.05, 0.1) is 26.4 Å². The van der Waals surface area contributed by atoms with E-state index in [-0.39, 0.29) is 25.7 Å². The van der Waals surface area contributed by atoms with Crippen molar-refractivity contribution in [3.05, 3.63) is 134 Å². The lowest BCUT2D eigenvalue weighted by atomic mass is 10.0. The maximum absolute atomic E-state index is 13.1. The van der Waals surface area contributed by atoms with Crippen molar-refractivity contribution < 1.29 is 80.2 Å². The topological polar surface area (TPSA) is 237 Å². The number of esters is 4. The minimum atomic E-state index is -4.99. The Morgan fingerprint density at radius 1 is 0.269 bits per heavy atom. The number of hydrogen-bond donors (Lipinski definition) is 3. The molecule has 0 aliphatic rings. The van der Waals surface area contributed by atoms with Gasteiger partial charge in [-0.2, -0.15) is 0 Å². The highest BCUT2D eigenvalue weighted by atomic mass is 31.2. The summed E-state index contributed by atoms with van der Waals surface area (Å²) in [5.41, 5.74) is 0. The minimum absolute atomic E-state index is 0.0780. The van der Waals surface area contributed by atoms with E-state index in [1.165, 1.54) is 70.6 Å². The summed E-state index contributed by atoms with van der Waals surface area (Å²) in [6, 6.07) is 0. The molecule has 0 spiro atoms. The van der Waals surface area contributed by atoms with E-state index < -0.39 is 97.5 Å². The second kappa shape index (κ2) is 80.3. The van der Waals surface area contributed by atoms with Gasteiger partial charge in [0.2, 0.25) is 0 Å². The molecule has 3 N–H and O–H groups in total. The molecule has 0 aromatic heterocycles. The number of carbonyl (C=O) groups is 4. The second-order valence-corrected chi connectivity index (χ2v) is 30.9. The Morgan fingerprint density at radius 3 is 0.769 bits per heavy atom. The maximum Gasteiger partial charge on any atom is 0.472 e. The van der Waals surface area contributed by atoms with Gasteiger partial charge in [-0.1, -0.05) is 315 Å². The third-order valence-corrected chi connectivity index (χ3v) is 19.5. The fraction of sp³-hybridized carbons (Fsp3) is 0.708. The van der Waals surface area contributed by atoms with Crippen LogP contribution in [0.2, 0.25) is 0 Å². The number of allylic oxidation sites excluding steroid dienone is 22. The number of unbranched alkanes of at least 4 members (excludes halogenated alkanes) is 31. The van der Waals surface area contributed by atoms with E-state index >= 15 is 0 Å². The molecule has 19 heteroatoms. The van der Waals surface area contributed by atoms with Crippen molar-refractivity contribution in [3.63, 3.8) is 0 Å². The first kappa shape index (κ1) is 103. The van der Waals surface area contributed by atoms with Crippen LogP contribution in [0.1, 0.15) is 349 Å². The molecule has 0 aromatic rings. The van der Waals surface area contributed by atoms with Gasteiger partial charge >= 0.3 is 39.5 Å². The number of phosphoric acid groups is 2. The zero-order valence-corrected chi connectivity index (χ0v) is 69.8. The lowest BCUT2D eigenvalue weighted by Gasteiger charge is -2.21. The van der Waals surface area contributed by atoms with Gasteiger partial charge < -0.3 is 33.8 Å². The van der Waals surface area contributed by atoms with Crippen LogP contribution in [0.25, 0.3) is 0 Å². The van der Waals surface area contributed by atoms with Gasteiger partial charge in [-0.05, 0) is 141 Å². The fourth-order valence-corrected chi connectivity index (χ4v) is 12.8. The first-order chi connectivity index (χ1) is 52.7. The number of rotatable bonds is 79. The third kappa shape index (κ3) is 79.3. The highest BCUT2D eigenvalue weighted by molar-refractivity contribution is 7.47. The predicted molar refractivity (Wildman–Crippen MR) is 445 cm³/mol. The second-order valence-electron chi connectivity index (χ2n) is 28.0. The summed E-state index contributed by atoms with van der Waals surface area (Å²) in [5, 5.41) is 10.7. The van der Waals surface area contributed by atoms with E-state index in [4.69, 9.17) is 37.0 Å². The standard InChI is InChI=1S/C89H152O17P2/c1-5-9-13-17-21-25-29-33-36-39-41-44-46-50-53-57-61-65-69-73-86(91)99-79-84(105-88(93)75-71-67-63-59-55-49-32-28-24-20-16-12-8-4)81-103-107(95,96)101-77-83(90)78-102-108(97,98)104-82-85(106-89(94)76-72-68-64-60-56-52-48-43-38-35-31-27-23-19-15-11-7-3)80-100-87(92)74-70-66-62-58-54-51-47-45-42-40-37-34-30-26-22-18-14-10-6-2/h9,11,13,15,21-23,25-27,33-38,41-42,44-45,50,53,83-85,90H,5-8,10,12,14,16-20,24,28-32,39-40,43,46-49,51-52,54-82H2,1-4H3,(H,95,96)(H,97,98)/b13-9-,15-11-,25-21-,26-22-,27-23-,36-33-,37-34-,38-35-,44-41-,45-42-,53-50-. The van der Waals surface area contributed by atoms with E-state index in [1.54, 1.807) is 0 Å². The summed E-state index contributed by atoms with van der Waals surface area (Å²) >= 11 is 0. The first-order valence-electron chi connectivity index (χ1n) is 42.4. The quantitative estimate of drug-likeness (QED) is 0.0169. The molecule has 0 aliphatic heterocycles. The maximum atomic E-state index is 13.1. The van der Waals surface area contributed by atoms with Crippen LogP contribution in [0, 0.1) is 0 Å². The van der Waals surface area contributed by atoms with Gasteiger partial charge in [0.15, 0.2) is 12.2 Å². The van der Waals surface area contributed by atoms with Crippen LogP contribution < -0.4 is 0 Å². The molecule has 0 aromatic carbocycles. The van der Waals surface area contributed by atoms with Gasteiger partial charge in [-0.25, -0.2) is 9.13 Å². The normalized spacial score (nSPS) is 14.5. The van der Waals surface area contributed by atoms with Crippen LogP contribution in [0.5, 0.6) is 0 Å². The monoisotopic (exact) mass is 1560 g/mol. The van der Waals surface area contributed by atoms with E-state index in [0.29, 0.717) is 25.7 Å². The van der Waals surface area contributed by atoms with Crippen molar-refractivity contribution in [1.29, 1.82) is 0 Å². The molecule has 5 atom stereocenters. The van der Waals surface area contributed by atoms with E-state index in [1.807, 2.05) is 0 Å². The molecule has 0 saturated carbocycles. The van der Waals surface area contributed by atoms with Crippen molar-refractivity contribution in [2.24, 2.45) is 0 Å². The largest absolute Gasteiger partial charge is 0.472 e. The molecule has 108 heavy (non-hydrogen) atoms. The van der Waals surface area contributed by atoms with Crippen LogP contribution in [0.3, 0.4) is 0 Å². The lowest BCUT2D eigenvalue weighted by Crippen LogP contribution is -2.30. The highest BCUT2D eigenvalue weighted by Gasteiger charge is 2.30. The van der Waals surface area contributed by atoms with Gasteiger partial charge in [-0.15, -0.1) is 0 Å². The number of aliphatic hydroxyl groups excluding tert-OH is 1. The van der Waals surface area contributed by atoms with Crippen LogP contribution in [-0.4, -0.2) is 96.7 Å². The molecule has 0 radical (unpaired) electrons. The SMILES string of the molecule is CC/C=C\C/C=C\C/C=C\C/C=C\C/C=C\CCCCCC(=O)OCC(COP(=O)(O)OCC(O)COP(=O)(O)OCC(COC(=O)CCCCCCCC/C=C\C/C=C\C/C=C\CCCCC)OC(=O)CCCCCCCCC/C=C\C/C=C\C/C=C\CC)OC(=O)CCCCCCCCCCCCCCC. The third-order valence-electron chi connectivity index (χ3n) is 17.6. The Kier molecular flexibility index (Phi) is 76.7. The lowest BCUT2D eigenvalue weighted by molar-refractivity contribution is -0.161. The molecule has 0 aliphatic carbocycles. The Labute approximate surface area is 656 Å². The average molecular weight is 1560 g/mol. The van der Waals surface area contributed by atoms with Crippen molar-refractivity contribution in [1.82, 2.24) is 0 Å². The predicted octanol–water partition coefficient (Wildman–Crippen LogP) is 25.2. The summed E-state index contributed by atoms with van der Waals surface area (Å²) < 4.78 is 68.8. The number of carbonyl (C=O) groups excluding carboxylic acids is 4. The zero-order chi connectivity index (χ0) is 78.9. The number of phosphoric ester groups is 2. The van der Waals surface area contributed by atoms with Crippen molar-refractivity contribution in [2.45, 2.75) is 367 Å². The van der Waals surface area contributed by atoms with E-state index in [9.17, 15) is 43.2 Å². The van der Waals surface area contributed by atoms with Gasteiger partial charge in [-0.3, -0.25) is 37.3 Å². The van der Waals surface area contributed by atoms with Gasteiger partial charge in [0, 0.05) is 25.7 Å². The van der Waals surface area contributed by atoms with Crippen LogP contribution in [0.4, 0.5) is 0 Å². The Bertz CT molecular complexity index is 2560. The van der Waals surface area contributed by atoms with Gasteiger partial charge in [0.1, 0.15) is 19.3 Å². The smallest absolute Gasteiger partial charge is 0.462 e. The molecule has 0 rings (SSSR count). The van der Waals surface area contributed by atoms with Crippen molar-refractivity contribution >= 4 is 39.5 Å². The number of hydrogen-bond acceptors (Lipinski definition) is 15. The summed E-state index contributed by atoms with van der Waals surface area (Å²) in [7, 11) is -9.98. The molecule has 5 unspecified atom stereocenters. The Hall–Kier alpha value is -4.80. The summed E-state index contributed by atoms with van der Waals surface area (Å²) in [5.74, 6) is -2.22. The fourth-order valence-electron chi connectivity index (χ4n) is 11.2. The summed E-state index contributed by atoms with van der Waals surface area (Å²) in [4.78, 5) is 73.2. The zero-order valence-electron chi connectivity index (χ0n) is 68.0. The van der Waals surface area contributed by atoms with Crippen molar-refractivity contribution in [2.75, 3.05) is 39.6 Å². The van der Waals surface area contributed by atoms with Crippen LogP contribution >= 0.6 is 15.6 Å². The molecule has 620 valence electrons. The molecule has 0 saturated heterocycles. The first-order valence-corrected chi connectivity index (χ1v) is 45.4. The van der Waals surface area contributed by atoms with Gasteiger partial charge in [0.25, 0.3) is 0 Å². The summed E-state index contributed by atoms with van der Waals surface area (Å²) in [6.45, 7) is 4.61. The van der Waals surface area contributed by atoms with E-state index in [2.05, 4.69) is 161 Å². The minimum Gasteiger partial charge on any atom is -0.462 e. The molecule has 17 nitrogen and oxygen atoms in total. The Morgan fingerprint density at radius 2 is 0.481 bits per heavy atom. The van der Waals surface area contributed by atoms with Crippen molar-refractivity contribution in [3.8, 4) is 0 Å². The van der Waals surface area contributed by atoms with Crippen LogP contribution in [-0.2, 0) is 65.4 Å². The number of ether oxygens (including phenoxy) is 4. The molecular formula is C89H152O17P2. The molecule has 0 amide bonds.